The molecule has 0 heterocycles. The Labute approximate surface area is 117 Å². The van der Waals surface area contributed by atoms with Gasteiger partial charge in [0, 0.05) is 6.92 Å². The molecule has 4 heteroatoms. The van der Waals surface area contributed by atoms with Gasteiger partial charge in [0.25, 0.3) is 0 Å². The Morgan fingerprint density at radius 1 is 1.19 bits per heavy atom. The number of halogens is 1. The highest BCUT2D eigenvalue weighted by Crippen LogP contribution is 2.29. The van der Waals surface area contributed by atoms with Crippen molar-refractivity contribution in [3.05, 3.63) is 0 Å². The molecule has 0 aliphatic heterocycles. The van der Waals surface area contributed by atoms with E-state index in [4.69, 9.17) is 4.74 Å². The van der Waals surface area contributed by atoms with Crippen LogP contribution in [0.25, 0.3) is 0 Å². The number of hydrogen-bond acceptors (Lipinski definition) is 2. The lowest BCUT2D eigenvalue weighted by molar-refractivity contribution is -0.877. The summed E-state index contributed by atoms with van der Waals surface area (Å²) in [6.45, 7) is 7.39. The largest absolute Gasteiger partial charge is 1.00 e. The van der Waals surface area contributed by atoms with E-state index in [-0.39, 0.29) is 35.4 Å². The fraction of sp³-hybridized carbons (Fsp3) is 0.917. The van der Waals surface area contributed by atoms with Gasteiger partial charge in [0.15, 0.2) is 0 Å². The number of hydrogen-bond donors (Lipinski definition) is 0. The van der Waals surface area contributed by atoms with Gasteiger partial charge in [-0.2, -0.15) is 0 Å². The number of esters is 1. The fourth-order valence-electron chi connectivity index (χ4n) is 1.98. The first kappa shape index (κ1) is 18.5. The van der Waals surface area contributed by atoms with Crippen LogP contribution in [0, 0.1) is 5.41 Å². The molecular weight excluding hydrogens is 317 g/mol. The summed E-state index contributed by atoms with van der Waals surface area (Å²) in [6.07, 6.45) is 2.10. The van der Waals surface area contributed by atoms with Gasteiger partial charge in [0.05, 0.1) is 33.1 Å². The van der Waals surface area contributed by atoms with Crippen LogP contribution < -0.4 is 24.0 Å². The average molecular weight is 343 g/mol. The standard InChI is InChI=1S/C12H26NO2.HI/c1-7-12(8-2,9-13(4,5)6)10-15-11(3)14;/h7-10H2,1-6H3;1H/q+1;/p-1. The Morgan fingerprint density at radius 2 is 1.62 bits per heavy atom. The molecule has 0 N–H and O–H groups in total. The van der Waals surface area contributed by atoms with Gasteiger partial charge in [-0.05, 0) is 12.8 Å². The third kappa shape index (κ3) is 7.44. The SMILES string of the molecule is CCC(CC)(COC(C)=O)C[N+](C)(C)C.[I-]. The number of ether oxygens (including phenoxy) is 1. The number of carbonyl (C=O) groups excluding carboxylic acids is 1. The summed E-state index contributed by atoms with van der Waals surface area (Å²) >= 11 is 0. The molecule has 0 bridgehead atoms. The maximum Gasteiger partial charge on any atom is 0.302 e. The molecule has 3 nitrogen and oxygen atoms in total. The molecule has 0 spiro atoms. The zero-order valence-electron chi connectivity index (χ0n) is 11.5. The van der Waals surface area contributed by atoms with Crippen LogP contribution in [-0.2, 0) is 9.53 Å². The average Bonchev–Trinajstić information content (AvgIpc) is 2.10. The molecule has 16 heavy (non-hydrogen) atoms. The molecule has 0 aliphatic rings. The highest BCUT2D eigenvalue weighted by Gasteiger charge is 2.33. The lowest BCUT2D eigenvalue weighted by Gasteiger charge is -2.37. The molecule has 0 atom stereocenters. The van der Waals surface area contributed by atoms with E-state index < -0.39 is 0 Å². The highest BCUT2D eigenvalue weighted by molar-refractivity contribution is 5.65. The van der Waals surface area contributed by atoms with E-state index in [1.54, 1.807) is 0 Å². The van der Waals surface area contributed by atoms with Crippen molar-refractivity contribution in [1.82, 2.24) is 0 Å². The van der Waals surface area contributed by atoms with E-state index >= 15 is 0 Å². The van der Waals surface area contributed by atoms with Crippen LogP contribution in [0.5, 0.6) is 0 Å². The lowest BCUT2D eigenvalue weighted by Crippen LogP contribution is -3.00. The Balaban J connectivity index is 0. The molecule has 0 aromatic heterocycles. The molecule has 0 saturated heterocycles. The van der Waals surface area contributed by atoms with E-state index in [2.05, 4.69) is 35.0 Å². The number of nitrogens with zero attached hydrogens (tertiary/aromatic N) is 1. The van der Waals surface area contributed by atoms with E-state index in [0.717, 1.165) is 23.9 Å². The van der Waals surface area contributed by atoms with Crippen molar-refractivity contribution in [2.75, 3.05) is 34.3 Å². The number of rotatable bonds is 6. The maximum atomic E-state index is 10.9. The minimum absolute atomic E-state index is 0. The van der Waals surface area contributed by atoms with Crippen molar-refractivity contribution in [1.29, 1.82) is 0 Å². The van der Waals surface area contributed by atoms with E-state index in [9.17, 15) is 4.79 Å². The zero-order chi connectivity index (χ0) is 12.1. The Bertz CT molecular complexity index is 208. The van der Waals surface area contributed by atoms with E-state index in [1.807, 2.05) is 0 Å². The minimum Gasteiger partial charge on any atom is -1.00 e. The molecule has 0 aromatic carbocycles. The molecule has 0 aliphatic carbocycles. The molecule has 0 aromatic rings. The van der Waals surface area contributed by atoms with Gasteiger partial charge in [-0.25, -0.2) is 0 Å². The van der Waals surface area contributed by atoms with Crippen LogP contribution in [-0.4, -0.2) is 44.7 Å². The third-order valence-corrected chi connectivity index (χ3v) is 2.89. The zero-order valence-corrected chi connectivity index (χ0v) is 13.6. The highest BCUT2D eigenvalue weighted by atomic mass is 127. The summed E-state index contributed by atoms with van der Waals surface area (Å²) < 4.78 is 6.09. The van der Waals surface area contributed by atoms with Gasteiger partial charge < -0.3 is 33.2 Å². The summed E-state index contributed by atoms with van der Waals surface area (Å²) in [5.41, 5.74) is 0.129. The van der Waals surface area contributed by atoms with Crippen molar-refractivity contribution in [2.24, 2.45) is 5.41 Å². The van der Waals surface area contributed by atoms with Crippen LogP contribution in [0.3, 0.4) is 0 Å². The topological polar surface area (TPSA) is 26.3 Å². The van der Waals surface area contributed by atoms with Gasteiger partial charge in [0.2, 0.25) is 0 Å². The smallest absolute Gasteiger partial charge is 0.302 e. The van der Waals surface area contributed by atoms with Crippen molar-refractivity contribution in [2.45, 2.75) is 33.6 Å². The molecule has 0 amide bonds. The van der Waals surface area contributed by atoms with Crippen LogP contribution in [0.15, 0.2) is 0 Å². The fourth-order valence-corrected chi connectivity index (χ4v) is 1.98. The molecule has 0 unspecified atom stereocenters. The Kier molecular flexibility index (Phi) is 8.66. The van der Waals surface area contributed by atoms with Crippen molar-refractivity contribution in [3.8, 4) is 0 Å². The first-order valence-electron chi connectivity index (χ1n) is 5.68. The number of quaternary nitrogens is 1. The monoisotopic (exact) mass is 343 g/mol. The second-order valence-electron chi connectivity index (χ2n) is 5.44. The van der Waals surface area contributed by atoms with Crippen LogP contribution in [0.2, 0.25) is 0 Å². The second-order valence-corrected chi connectivity index (χ2v) is 5.44. The van der Waals surface area contributed by atoms with E-state index in [1.165, 1.54) is 6.92 Å². The Morgan fingerprint density at radius 3 is 1.88 bits per heavy atom. The number of carbonyl (C=O) groups is 1. The quantitative estimate of drug-likeness (QED) is 0.354. The summed E-state index contributed by atoms with van der Waals surface area (Å²) in [5, 5.41) is 0. The molecule has 0 radical (unpaired) electrons. The maximum absolute atomic E-state index is 10.9. The summed E-state index contributed by atoms with van der Waals surface area (Å²) in [6, 6.07) is 0. The lowest BCUT2D eigenvalue weighted by atomic mass is 9.82. The molecule has 0 rings (SSSR count). The Hall–Kier alpha value is 0.160. The third-order valence-electron chi connectivity index (χ3n) is 2.89. The van der Waals surface area contributed by atoms with Gasteiger partial charge in [0.1, 0.15) is 6.61 Å². The van der Waals surface area contributed by atoms with E-state index in [0.29, 0.717) is 6.61 Å². The minimum atomic E-state index is -0.178. The molecule has 98 valence electrons. The van der Waals surface area contributed by atoms with Crippen LogP contribution in [0.4, 0.5) is 0 Å². The van der Waals surface area contributed by atoms with Gasteiger partial charge >= 0.3 is 5.97 Å². The predicted molar refractivity (Wildman–Crippen MR) is 62.5 cm³/mol. The van der Waals surface area contributed by atoms with Crippen LogP contribution in [0.1, 0.15) is 33.6 Å². The normalized spacial score (nSPS) is 11.9. The van der Waals surface area contributed by atoms with Crippen molar-refractivity contribution in [3.63, 3.8) is 0 Å². The molecular formula is C12H26INO2. The first-order valence-corrected chi connectivity index (χ1v) is 5.68. The predicted octanol–water partition coefficient (Wildman–Crippen LogP) is -0.934. The second kappa shape index (κ2) is 7.48. The van der Waals surface area contributed by atoms with Gasteiger partial charge in [-0.3, -0.25) is 4.79 Å². The van der Waals surface area contributed by atoms with Crippen molar-refractivity contribution >= 4 is 5.97 Å². The van der Waals surface area contributed by atoms with Crippen LogP contribution >= 0.6 is 0 Å². The summed E-state index contributed by atoms with van der Waals surface area (Å²) in [5.74, 6) is -0.178. The first-order chi connectivity index (χ1) is 6.74. The summed E-state index contributed by atoms with van der Waals surface area (Å²) in [7, 11) is 6.52. The summed E-state index contributed by atoms with van der Waals surface area (Å²) in [4.78, 5) is 10.9. The van der Waals surface area contributed by atoms with Gasteiger partial charge in [-0.1, -0.05) is 13.8 Å². The molecule has 0 saturated carbocycles. The van der Waals surface area contributed by atoms with Gasteiger partial charge in [-0.15, -0.1) is 0 Å². The molecule has 0 fully saturated rings. The van der Waals surface area contributed by atoms with Crippen molar-refractivity contribution < 1.29 is 38.0 Å².